The average molecular weight is 370 g/mol. The maximum absolute atomic E-state index is 5.99. The van der Waals surface area contributed by atoms with Gasteiger partial charge in [-0.2, -0.15) is 5.10 Å². The van der Waals surface area contributed by atoms with Crippen molar-refractivity contribution in [1.29, 1.82) is 0 Å². The van der Waals surface area contributed by atoms with Gasteiger partial charge in [-0.15, -0.1) is 10.2 Å². The Morgan fingerprint density at radius 2 is 1.96 bits per heavy atom. The third kappa shape index (κ3) is 3.41. The molecular formula is C19H26N6O2. The van der Waals surface area contributed by atoms with Crippen molar-refractivity contribution >= 4 is 16.7 Å². The largest absolute Gasteiger partial charge is 0.420 e. The van der Waals surface area contributed by atoms with Crippen LogP contribution >= 0.6 is 0 Å². The van der Waals surface area contributed by atoms with Gasteiger partial charge in [0, 0.05) is 37.4 Å². The summed E-state index contributed by atoms with van der Waals surface area (Å²) >= 11 is 0. The molecule has 0 aliphatic carbocycles. The lowest BCUT2D eigenvalue weighted by Crippen LogP contribution is -2.28. The molecule has 4 heterocycles. The topological polar surface area (TPSA) is 90.9 Å². The summed E-state index contributed by atoms with van der Waals surface area (Å²) in [5.41, 5.74) is 2.42. The number of hydrogen-bond donors (Lipinski definition) is 1. The van der Waals surface area contributed by atoms with E-state index in [1.54, 1.807) is 6.20 Å². The number of ether oxygens (including phenoxy) is 1. The molecule has 0 unspecified atom stereocenters. The van der Waals surface area contributed by atoms with Crippen molar-refractivity contribution in [3.63, 3.8) is 0 Å². The van der Waals surface area contributed by atoms with Crippen LogP contribution in [0.4, 0.5) is 5.69 Å². The Kier molecular flexibility index (Phi) is 4.59. The molecule has 0 aromatic carbocycles. The van der Waals surface area contributed by atoms with Crippen molar-refractivity contribution in [1.82, 2.24) is 25.0 Å². The molecule has 0 bridgehead atoms. The van der Waals surface area contributed by atoms with Gasteiger partial charge in [0.1, 0.15) is 0 Å². The van der Waals surface area contributed by atoms with Gasteiger partial charge >= 0.3 is 0 Å². The van der Waals surface area contributed by atoms with Gasteiger partial charge in [0.15, 0.2) is 5.65 Å². The van der Waals surface area contributed by atoms with E-state index in [1.807, 2.05) is 10.9 Å². The molecule has 0 amide bonds. The van der Waals surface area contributed by atoms with E-state index >= 15 is 0 Å². The summed E-state index contributed by atoms with van der Waals surface area (Å²) in [6.07, 6.45) is 5.58. The van der Waals surface area contributed by atoms with Crippen molar-refractivity contribution in [3.8, 4) is 11.5 Å². The number of nitrogens with one attached hydrogen (secondary N) is 1. The molecule has 0 spiro atoms. The Labute approximate surface area is 158 Å². The minimum atomic E-state index is -0.204. The Morgan fingerprint density at radius 1 is 1.19 bits per heavy atom. The molecule has 8 nitrogen and oxygen atoms in total. The highest BCUT2D eigenvalue weighted by molar-refractivity contribution is 5.96. The number of rotatable bonds is 4. The third-order valence-electron chi connectivity index (χ3n) is 4.83. The summed E-state index contributed by atoms with van der Waals surface area (Å²) in [5, 5.41) is 17.6. The number of nitrogens with zero attached hydrogens (tertiary/aromatic N) is 5. The van der Waals surface area contributed by atoms with Crippen LogP contribution in [0.3, 0.4) is 0 Å². The fourth-order valence-corrected chi connectivity index (χ4v) is 3.26. The van der Waals surface area contributed by atoms with Gasteiger partial charge in [0.05, 0.1) is 22.8 Å². The molecule has 0 radical (unpaired) electrons. The van der Waals surface area contributed by atoms with Crippen LogP contribution in [-0.2, 0) is 16.7 Å². The second-order valence-corrected chi connectivity index (χ2v) is 7.94. The maximum atomic E-state index is 5.99. The Hall–Kier alpha value is -2.48. The molecule has 1 fully saturated rings. The predicted molar refractivity (Wildman–Crippen MR) is 103 cm³/mol. The number of aromatic nitrogens is 5. The molecular weight excluding hydrogens is 344 g/mol. The van der Waals surface area contributed by atoms with Gasteiger partial charge in [-0.05, 0) is 19.8 Å². The standard InChI is InChI=1S/C19H26N6O2/c1-5-25-16-13(11-21-25)15(22-12-6-8-26-9-7-12)14(10-20-16)17-23-24-18(27-17)19(2,3)4/h10-12H,5-9H2,1-4H3,(H,20,22). The van der Waals surface area contributed by atoms with Crippen LogP contribution in [0.1, 0.15) is 46.4 Å². The molecule has 0 atom stereocenters. The van der Waals surface area contributed by atoms with Gasteiger partial charge in [-0.1, -0.05) is 20.8 Å². The molecule has 1 saturated heterocycles. The number of fused-ring (bicyclic) bond motifs is 1. The first-order chi connectivity index (χ1) is 13.0. The lowest BCUT2D eigenvalue weighted by molar-refractivity contribution is 0.0905. The highest BCUT2D eigenvalue weighted by Crippen LogP contribution is 2.35. The van der Waals surface area contributed by atoms with Crippen LogP contribution in [0.15, 0.2) is 16.8 Å². The first-order valence-corrected chi connectivity index (χ1v) is 9.50. The number of pyridine rings is 1. The summed E-state index contributed by atoms with van der Waals surface area (Å²) in [5.74, 6) is 1.09. The van der Waals surface area contributed by atoms with E-state index in [1.165, 1.54) is 0 Å². The summed E-state index contributed by atoms with van der Waals surface area (Å²) in [6, 6.07) is 0.332. The van der Waals surface area contributed by atoms with E-state index < -0.39 is 0 Å². The first-order valence-electron chi connectivity index (χ1n) is 9.50. The molecule has 4 rings (SSSR count). The van der Waals surface area contributed by atoms with Gasteiger partial charge in [-0.25, -0.2) is 9.67 Å². The summed E-state index contributed by atoms with van der Waals surface area (Å²) in [4.78, 5) is 4.62. The molecule has 1 N–H and O–H groups in total. The Bertz CT molecular complexity index is 933. The zero-order valence-corrected chi connectivity index (χ0v) is 16.3. The van der Waals surface area contributed by atoms with E-state index in [0.717, 1.165) is 54.9 Å². The molecule has 3 aromatic rings. The predicted octanol–water partition coefficient (Wildman–Crippen LogP) is 3.39. The highest BCUT2D eigenvalue weighted by Gasteiger charge is 2.25. The van der Waals surface area contributed by atoms with Crippen molar-refractivity contribution in [3.05, 3.63) is 18.3 Å². The molecule has 27 heavy (non-hydrogen) atoms. The minimum Gasteiger partial charge on any atom is -0.420 e. The van der Waals surface area contributed by atoms with E-state index in [0.29, 0.717) is 17.8 Å². The smallest absolute Gasteiger partial charge is 0.251 e. The molecule has 3 aromatic heterocycles. The fourth-order valence-electron chi connectivity index (χ4n) is 3.26. The minimum absolute atomic E-state index is 0.204. The summed E-state index contributed by atoms with van der Waals surface area (Å²) in [6.45, 7) is 10.5. The maximum Gasteiger partial charge on any atom is 0.251 e. The molecule has 8 heteroatoms. The van der Waals surface area contributed by atoms with Crippen LogP contribution in [0, 0.1) is 0 Å². The number of hydrogen-bond acceptors (Lipinski definition) is 7. The number of aryl methyl sites for hydroxylation is 1. The first kappa shape index (κ1) is 17.9. The van der Waals surface area contributed by atoms with Crippen molar-refractivity contribution in [2.24, 2.45) is 0 Å². The Balaban J connectivity index is 1.81. The third-order valence-corrected chi connectivity index (χ3v) is 4.83. The van der Waals surface area contributed by atoms with Crippen molar-refractivity contribution in [2.75, 3.05) is 18.5 Å². The van der Waals surface area contributed by atoms with E-state index in [2.05, 4.69) is 53.3 Å². The van der Waals surface area contributed by atoms with Crippen LogP contribution in [0.5, 0.6) is 0 Å². The van der Waals surface area contributed by atoms with E-state index in [9.17, 15) is 0 Å². The fraction of sp³-hybridized carbons (Fsp3) is 0.579. The quantitative estimate of drug-likeness (QED) is 0.752. The second-order valence-electron chi connectivity index (χ2n) is 7.94. The zero-order chi connectivity index (χ0) is 19.0. The van der Waals surface area contributed by atoms with Crippen LogP contribution in [0.25, 0.3) is 22.5 Å². The highest BCUT2D eigenvalue weighted by atomic mass is 16.5. The normalized spacial score (nSPS) is 16.1. The molecule has 1 aliphatic rings. The van der Waals surface area contributed by atoms with Gasteiger partial charge in [-0.3, -0.25) is 0 Å². The Morgan fingerprint density at radius 3 is 2.63 bits per heavy atom. The SMILES string of the molecule is CCn1ncc2c(NC3CCOCC3)c(-c3nnc(C(C)(C)C)o3)cnc21. The van der Waals surface area contributed by atoms with E-state index in [-0.39, 0.29) is 5.41 Å². The molecule has 1 aliphatic heterocycles. The lowest BCUT2D eigenvalue weighted by Gasteiger charge is -2.25. The van der Waals surface area contributed by atoms with Crippen molar-refractivity contribution in [2.45, 2.75) is 58.5 Å². The monoisotopic (exact) mass is 370 g/mol. The second kappa shape index (κ2) is 6.92. The van der Waals surface area contributed by atoms with Gasteiger partial charge in [0.25, 0.3) is 5.89 Å². The average Bonchev–Trinajstić information content (AvgIpc) is 3.29. The van der Waals surface area contributed by atoms with Crippen LogP contribution in [0.2, 0.25) is 0 Å². The molecule has 0 saturated carbocycles. The van der Waals surface area contributed by atoms with Crippen LogP contribution in [-0.4, -0.2) is 44.2 Å². The van der Waals surface area contributed by atoms with E-state index in [4.69, 9.17) is 9.15 Å². The molecule has 144 valence electrons. The summed E-state index contributed by atoms with van der Waals surface area (Å²) in [7, 11) is 0. The van der Waals surface area contributed by atoms with Crippen LogP contribution < -0.4 is 5.32 Å². The van der Waals surface area contributed by atoms with Crippen molar-refractivity contribution < 1.29 is 9.15 Å². The van der Waals surface area contributed by atoms with Gasteiger partial charge < -0.3 is 14.5 Å². The van der Waals surface area contributed by atoms with Gasteiger partial charge in [0.2, 0.25) is 5.89 Å². The summed E-state index contributed by atoms with van der Waals surface area (Å²) < 4.78 is 13.4. The zero-order valence-electron chi connectivity index (χ0n) is 16.3. The number of anilines is 1. The lowest BCUT2D eigenvalue weighted by atomic mass is 9.97.